The van der Waals surface area contributed by atoms with Crippen LogP contribution in [-0.2, 0) is 51.0 Å². The maximum atomic E-state index is 14.5. The molecule has 3 rings (SSSR count). The number of carbonyl (C=O) groups excluding carboxylic acids is 5. The number of benzene rings is 2. The summed E-state index contributed by atoms with van der Waals surface area (Å²) in [6.07, 6.45) is 1.35. The monoisotopic (exact) mass is 877 g/mol. The molecule has 0 unspecified atom stereocenters. The highest BCUT2D eigenvalue weighted by Crippen LogP contribution is 2.29. The molecule has 1 aliphatic rings. The van der Waals surface area contributed by atoms with Crippen molar-refractivity contribution in [3.63, 3.8) is 0 Å². The number of carbonyl (C=O) groups is 5. The zero-order chi connectivity index (χ0) is 47.0. The Bertz CT molecular complexity index is 1790. The van der Waals surface area contributed by atoms with Crippen molar-refractivity contribution in [2.24, 2.45) is 17.8 Å². The molecular formula is C49H76N6O8. The molecule has 2 aromatic carbocycles. The van der Waals surface area contributed by atoms with Gasteiger partial charge >= 0.3 is 5.97 Å². The number of hydrogen-bond donors (Lipinski definition) is 3. The first kappa shape index (κ1) is 52.6. The van der Waals surface area contributed by atoms with Crippen molar-refractivity contribution in [2.45, 2.75) is 122 Å². The Hall–Kier alpha value is -4.79. The van der Waals surface area contributed by atoms with Crippen LogP contribution in [0.15, 0.2) is 66.7 Å². The first-order valence-corrected chi connectivity index (χ1v) is 22.4. The van der Waals surface area contributed by atoms with Crippen molar-refractivity contribution in [2.75, 3.05) is 60.9 Å². The van der Waals surface area contributed by atoms with Crippen LogP contribution in [0.25, 0.3) is 0 Å². The van der Waals surface area contributed by atoms with E-state index in [1.54, 1.807) is 23.8 Å². The Labute approximate surface area is 376 Å². The summed E-state index contributed by atoms with van der Waals surface area (Å²) in [5.41, 5.74) is 3.77. The third kappa shape index (κ3) is 14.4. The van der Waals surface area contributed by atoms with E-state index in [1.807, 2.05) is 96.1 Å². The van der Waals surface area contributed by atoms with E-state index in [1.165, 1.54) is 21.3 Å². The van der Waals surface area contributed by atoms with E-state index in [2.05, 4.69) is 34.7 Å². The summed E-state index contributed by atoms with van der Waals surface area (Å²) in [6.45, 7) is 16.9. The largest absolute Gasteiger partial charge is 0.467 e. The molecule has 63 heavy (non-hydrogen) atoms. The van der Waals surface area contributed by atoms with E-state index in [0.29, 0.717) is 37.9 Å². The lowest BCUT2D eigenvalue weighted by atomic mass is 9.92. The average Bonchev–Trinajstić information content (AvgIpc) is 3.76. The third-order valence-corrected chi connectivity index (χ3v) is 12.5. The lowest BCUT2D eigenvalue weighted by molar-refractivity contribution is -0.147. The van der Waals surface area contributed by atoms with Gasteiger partial charge in [-0.25, -0.2) is 4.79 Å². The lowest BCUT2D eigenvalue weighted by Crippen LogP contribution is -2.59. The van der Waals surface area contributed by atoms with Gasteiger partial charge in [0.05, 0.1) is 49.8 Å². The minimum Gasteiger partial charge on any atom is -0.467 e. The summed E-state index contributed by atoms with van der Waals surface area (Å²) in [5, 5.41) is 9.10. The summed E-state index contributed by atoms with van der Waals surface area (Å²) in [7, 11) is 9.83. The minimum absolute atomic E-state index is 0.0280. The van der Waals surface area contributed by atoms with Crippen LogP contribution < -0.4 is 16.0 Å². The molecule has 0 bridgehead atoms. The van der Waals surface area contributed by atoms with Crippen molar-refractivity contribution in [3.8, 4) is 0 Å². The van der Waals surface area contributed by atoms with Gasteiger partial charge in [0.15, 0.2) is 0 Å². The Morgan fingerprint density at radius 1 is 0.841 bits per heavy atom. The van der Waals surface area contributed by atoms with E-state index in [-0.39, 0.29) is 42.4 Å². The van der Waals surface area contributed by atoms with Crippen molar-refractivity contribution in [1.82, 2.24) is 25.3 Å². The number of likely N-dealkylation sites (tertiary alicyclic amines) is 1. The SMILES string of the molecule is C=C(CC)[C@@H]([C@@H](CC(=O)N1CCC[C@H]1[C@H](OC)[C@@H](C)C(=O)N[C@@H](Cc1ccccc1)C(=O)OC)OC)N(C)C(=O)[C@@H](NC(=O)[C@H](C(C)C)N(C)CCc1ccc(NC)cc1)C(C)C. The third-order valence-electron chi connectivity index (χ3n) is 12.5. The molecule has 0 aliphatic carbocycles. The molecule has 8 atom stereocenters. The molecular weight excluding hydrogens is 801 g/mol. The molecule has 1 heterocycles. The van der Waals surface area contributed by atoms with Gasteiger partial charge in [0.1, 0.15) is 12.1 Å². The van der Waals surface area contributed by atoms with Gasteiger partial charge in [0.2, 0.25) is 23.6 Å². The highest BCUT2D eigenvalue weighted by Gasteiger charge is 2.43. The van der Waals surface area contributed by atoms with E-state index < -0.39 is 60.2 Å². The second kappa shape index (κ2) is 25.5. The van der Waals surface area contributed by atoms with Crippen LogP contribution in [-0.4, -0.2) is 142 Å². The van der Waals surface area contributed by atoms with Gasteiger partial charge in [0.25, 0.3) is 0 Å². The number of methoxy groups -OCH3 is 3. The van der Waals surface area contributed by atoms with Gasteiger partial charge in [-0.2, -0.15) is 0 Å². The maximum Gasteiger partial charge on any atom is 0.328 e. The maximum absolute atomic E-state index is 14.5. The molecule has 3 N–H and O–H groups in total. The van der Waals surface area contributed by atoms with E-state index in [4.69, 9.17) is 14.2 Å². The normalized spacial score (nSPS) is 17.3. The predicted molar refractivity (Wildman–Crippen MR) is 248 cm³/mol. The standard InChI is InChI=1S/C49H76N6O8/c1-14-33(6)44(54(10)48(59)42(31(2)3)52-47(58)43(32(4)5)53(9)28-26-35-22-24-37(50-8)25-23-35)40(61-11)30-41(56)55-27-18-21-39(55)45(62-12)34(7)46(57)51-38(49(60)63-13)29-36-19-16-15-17-20-36/h15-17,19-20,22-25,31-32,34,38-40,42-45,50H,6,14,18,21,26-30H2,1-5,7-13H3,(H,51,57)(H,52,58)/t34-,38+,39+,40-,42+,43+,44+,45-/m1/s1. The second-order valence-corrected chi connectivity index (χ2v) is 17.5. The molecule has 0 spiro atoms. The van der Waals surface area contributed by atoms with Crippen LogP contribution in [0.5, 0.6) is 0 Å². The molecule has 1 saturated heterocycles. The van der Waals surface area contributed by atoms with E-state index in [9.17, 15) is 24.0 Å². The fraction of sp³-hybridized carbons (Fsp3) is 0.612. The summed E-state index contributed by atoms with van der Waals surface area (Å²) in [5.74, 6) is -2.69. The van der Waals surface area contributed by atoms with Crippen LogP contribution in [0.3, 0.4) is 0 Å². The Morgan fingerprint density at radius 2 is 1.49 bits per heavy atom. The van der Waals surface area contributed by atoms with Gasteiger partial charge in [-0.1, -0.05) is 96.2 Å². The number of amides is 4. The lowest BCUT2D eigenvalue weighted by Gasteiger charge is -2.39. The van der Waals surface area contributed by atoms with Crippen LogP contribution in [0.2, 0.25) is 0 Å². The Balaban J connectivity index is 1.77. The molecule has 0 radical (unpaired) electrons. The van der Waals surface area contributed by atoms with Gasteiger partial charge < -0.3 is 40.0 Å². The Morgan fingerprint density at radius 3 is 2.03 bits per heavy atom. The van der Waals surface area contributed by atoms with Crippen LogP contribution in [0, 0.1) is 17.8 Å². The molecule has 0 saturated carbocycles. The van der Waals surface area contributed by atoms with Crippen molar-refractivity contribution in [3.05, 3.63) is 77.9 Å². The number of rotatable bonds is 25. The molecule has 0 aromatic heterocycles. The van der Waals surface area contributed by atoms with Crippen LogP contribution in [0.4, 0.5) is 5.69 Å². The van der Waals surface area contributed by atoms with Gasteiger partial charge in [0, 0.05) is 53.5 Å². The number of nitrogens with one attached hydrogen (secondary N) is 3. The van der Waals surface area contributed by atoms with E-state index >= 15 is 0 Å². The van der Waals surface area contributed by atoms with Crippen LogP contribution in [0.1, 0.15) is 78.4 Å². The quantitative estimate of drug-likeness (QED) is 0.0905. The predicted octanol–water partition coefficient (Wildman–Crippen LogP) is 5.11. The molecule has 4 amide bonds. The van der Waals surface area contributed by atoms with Crippen molar-refractivity contribution < 1.29 is 38.2 Å². The molecule has 2 aromatic rings. The number of anilines is 1. The highest BCUT2D eigenvalue weighted by atomic mass is 16.5. The summed E-state index contributed by atoms with van der Waals surface area (Å²) in [6, 6.07) is 14.2. The first-order chi connectivity index (χ1) is 29.9. The zero-order valence-corrected chi connectivity index (χ0v) is 39.9. The summed E-state index contributed by atoms with van der Waals surface area (Å²) >= 11 is 0. The van der Waals surface area contributed by atoms with E-state index in [0.717, 1.165) is 23.2 Å². The van der Waals surface area contributed by atoms with Crippen molar-refractivity contribution in [1.29, 1.82) is 0 Å². The molecule has 14 heteroatoms. The number of nitrogens with zero attached hydrogens (tertiary/aromatic N) is 3. The van der Waals surface area contributed by atoms with Gasteiger partial charge in [-0.05, 0) is 67.8 Å². The first-order valence-electron chi connectivity index (χ1n) is 22.4. The average molecular weight is 877 g/mol. The van der Waals surface area contributed by atoms with Crippen LogP contribution >= 0.6 is 0 Å². The minimum atomic E-state index is -0.906. The molecule has 1 aliphatic heterocycles. The molecule has 14 nitrogen and oxygen atoms in total. The topological polar surface area (TPSA) is 159 Å². The number of ether oxygens (including phenoxy) is 3. The number of hydrogen-bond acceptors (Lipinski definition) is 10. The molecule has 350 valence electrons. The number of esters is 1. The van der Waals surface area contributed by atoms with Gasteiger partial charge in [-0.3, -0.25) is 24.1 Å². The molecule has 1 fully saturated rings. The highest BCUT2D eigenvalue weighted by molar-refractivity contribution is 5.90. The fourth-order valence-electron chi connectivity index (χ4n) is 8.79. The number of likely N-dealkylation sites (N-methyl/N-ethyl adjacent to an activating group) is 2. The Kier molecular flexibility index (Phi) is 21.3. The zero-order valence-electron chi connectivity index (χ0n) is 39.9. The van der Waals surface area contributed by atoms with Gasteiger partial charge in [-0.15, -0.1) is 0 Å². The van der Waals surface area contributed by atoms with Crippen molar-refractivity contribution >= 4 is 35.3 Å². The fourth-order valence-corrected chi connectivity index (χ4v) is 8.79. The summed E-state index contributed by atoms with van der Waals surface area (Å²) in [4.78, 5) is 74.8. The smallest absolute Gasteiger partial charge is 0.328 e. The second-order valence-electron chi connectivity index (χ2n) is 17.5. The summed E-state index contributed by atoms with van der Waals surface area (Å²) < 4.78 is 17.0.